The third-order valence-corrected chi connectivity index (χ3v) is 4.02. The first-order valence-electron chi connectivity index (χ1n) is 6.39. The zero-order chi connectivity index (χ0) is 14.5. The Labute approximate surface area is 122 Å². The van der Waals surface area contributed by atoms with Gasteiger partial charge in [-0.15, -0.1) is 11.3 Å². The Bertz CT molecular complexity index is 571. The van der Waals surface area contributed by atoms with Crippen LogP contribution < -0.4 is 14.8 Å². The zero-order valence-corrected chi connectivity index (χ0v) is 12.6. The minimum Gasteiger partial charge on any atom is -0.496 e. The van der Waals surface area contributed by atoms with Crippen molar-refractivity contribution in [1.82, 2.24) is 5.32 Å². The van der Waals surface area contributed by atoms with Crippen molar-refractivity contribution in [3.8, 4) is 11.5 Å². The average molecular weight is 295 g/mol. The van der Waals surface area contributed by atoms with E-state index in [4.69, 9.17) is 9.47 Å². The molecule has 1 aromatic carbocycles. The van der Waals surface area contributed by atoms with Gasteiger partial charge in [0.15, 0.2) is 11.6 Å². The number of hydrogen-bond donors (Lipinski definition) is 1. The van der Waals surface area contributed by atoms with Crippen LogP contribution in [0.25, 0.3) is 0 Å². The molecule has 0 aliphatic heterocycles. The minimum absolute atomic E-state index is 0.205. The SMILES string of the molecule is CCNC(c1cc(OC)cs1)c1cccc(OC)c1F. The van der Waals surface area contributed by atoms with Gasteiger partial charge in [-0.3, -0.25) is 0 Å². The molecule has 0 saturated heterocycles. The molecule has 0 spiro atoms. The van der Waals surface area contributed by atoms with E-state index in [2.05, 4.69) is 5.32 Å². The predicted molar refractivity (Wildman–Crippen MR) is 79.3 cm³/mol. The van der Waals surface area contributed by atoms with Crippen molar-refractivity contribution in [2.24, 2.45) is 0 Å². The van der Waals surface area contributed by atoms with Crippen LogP contribution in [-0.4, -0.2) is 20.8 Å². The van der Waals surface area contributed by atoms with Crippen molar-refractivity contribution < 1.29 is 13.9 Å². The molecule has 0 bridgehead atoms. The van der Waals surface area contributed by atoms with E-state index in [-0.39, 0.29) is 17.6 Å². The normalized spacial score (nSPS) is 12.2. The molecule has 2 rings (SSSR count). The Balaban J connectivity index is 2.42. The molecule has 1 heterocycles. The van der Waals surface area contributed by atoms with Gasteiger partial charge in [-0.05, 0) is 18.7 Å². The maximum absolute atomic E-state index is 14.4. The molecule has 2 aromatic rings. The number of methoxy groups -OCH3 is 2. The number of thiophene rings is 1. The molecule has 0 fully saturated rings. The highest BCUT2D eigenvalue weighted by atomic mass is 32.1. The van der Waals surface area contributed by atoms with E-state index >= 15 is 0 Å². The molecule has 0 aliphatic rings. The Morgan fingerprint density at radius 1 is 1.30 bits per heavy atom. The lowest BCUT2D eigenvalue weighted by molar-refractivity contribution is 0.382. The summed E-state index contributed by atoms with van der Waals surface area (Å²) < 4.78 is 24.7. The van der Waals surface area contributed by atoms with E-state index in [1.165, 1.54) is 7.11 Å². The van der Waals surface area contributed by atoms with E-state index in [0.29, 0.717) is 5.56 Å². The summed E-state index contributed by atoms with van der Waals surface area (Å²) in [5, 5.41) is 5.22. The number of hydrogen-bond acceptors (Lipinski definition) is 4. The van der Waals surface area contributed by atoms with E-state index in [1.807, 2.05) is 18.4 Å². The summed E-state index contributed by atoms with van der Waals surface area (Å²) in [6, 6.07) is 6.92. The monoisotopic (exact) mass is 295 g/mol. The van der Waals surface area contributed by atoms with Gasteiger partial charge >= 0.3 is 0 Å². The molecule has 5 heteroatoms. The molecule has 1 atom stereocenters. The number of nitrogens with one attached hydrogen (secondary N) is 1. The van der Waals surface area contributed by atoms with Gasteiger partial charge in [-0.1, -0.05) is 19.1 Å². The summed E-state index contributed by atoms with van der Waals surface area (Å²) in [6.45, 7) is 2.73. The van der Waals surface area contributed by atoms with Crippen LogP contribution in [0.4, 0.5) is 4.39 Å². The first kappa shape index (κ1) is 14.8. The molecule has 0 radical (unpaired) electrons. The fraction of sp³-hybridized carbons (Fsp3) is 0.333. The summed E-state index contributed by atoms with van der Waals surface area (Å²) in [7, 11) is 3.10. The summed E-state index contributed by atoms with van der Waals surface area (Å²) in [4.78, 5) is 1.01. The van der Waals surface area contributed by atoms with Crippen LogP contribution in [0, 0.1) is 5.82 Å². The number of halogens is 1. The van der Waals surface area contributed by atoms with E-state index in [9.17, 15) is 4.39 Å². The highest BCUT2D eigenvalue weighted by Crippen LogP contribution is 2.34. The molecular weight excluding hydrogens is 277 g/mol. The number of benzene rings is 1. The third kappa shape index (κ3) is 2.94. The van der Waals surface area contributed by atoms with Crippen LogP contribution in [-0.2, 0) is 0 Å². The van der Waals surface area contributed by atoms with Crippen molar-refractivity contribution in [3.63, 3.8) is 0 Å². The molecule has 1 N–H and O–H groups in total. The fourth-order valence-corrected chi connectivity index (χ4v) is 3.02. The molecule has 0 saturated carbocycles. The second kappa shape index (κ2) is 6.72. The summed E-state index contributed by atoms with van der Waals surface area (Å²) in [5.74, 6) is 0.721. The molecule has 3 nitrogen and oxygen atoms in total. The van der Waals surface area contributed by atoms with Crippen LogP contribution in [0.3, 0.4) is 0 Å². The molecule has 20 heavy (non-hydrogen) atoms. The molecule has 1 aromatic heterocycles. The minimum atomic E-state index is -0.326. The van der Waals surface area contributed by atoms with Crippen molar-refractivity contribution in [3.05, 3.63) is 45.9 Å². The van der Waals surface area contributed by atoms with Crippen LogP contribution >= 0.6 is 11.3 Å². The Kier molecular flexibility index (Phi) is 4.98. The van der Waals surface area contributed by atoms with Gasteiger partial charge in [0, 0.05) is 15.8 Å². The maximum atomic E-state index is 14.4. The maximum Gasteiger partial charge on any atom is 0.170 e. The molecule has 108 valence electrons. The zero-order valence-electron chi connectivity index (χ0n) is 11.8. The van der Waals surface area contributed by atoms with Crippen LogP contribution in [0.15, 0.2) is 29.6 Å². The number of ether oxygens (including phenoxy) is 2. The third-order valence-electron chi connectivity index (χ3n) is 3.05. The van der Waals surface area contributed by atoms with E-state index in [1.54, 1.807) is 36.6 Å². The second-order valence-corrected chi connectivity index (χ2v) is 5.19. The topological polar surface area (TPSA) is 30.5 Å². The molecule has 0 aliphatic carbocycles. The lowest BCUT2D eigenvalue weighted by Gasteiger charge is -2.18. The van der Waals surface area contributed by atoms with Crippen molar-refractivity contribution >= 4 is 11.3 Å². The quantitative estimate of drug-likeness (QED) is 0.883. The van der Waals surface area contributed by atoms with E-state index < -0.39 is 0 Å². The summed E-state index contributed by atoms with van der Waals surface area (Å²) >= 11 is 1.54. The van der Waals surface area contributed by atoms with Crippen LogP contribution in [0.5, 0.6) is 11.5 Å². The number of rotatable bonds is 6. The Morgan fingerprint density at radius 3 is 2.70 bits per heavy atom. The van der Waals surface area contributed by atoms with Crippen molar-refractivity contribution in [2.75, 3.05) is 20.8 Å². The predicted octanol–water partition coefficient (Wildman–Crippen LogP) is 3.60. The highest BCUT2D eigenvalue weighted by Gasteiger charge is 2.21. The largest absolute Gasteiger partial charge is 0.496 e. The first-order valence-corrected chi connectivity index (χ1v) is 7.27. The molecule has 1 unspecified atom stereocenters. The average Bonchev–Trinajstić information content (AvgIpc) is 2.94. The van der Waals surface area contributed by atoms with Gasteiger partial charge in [0.05, 0.1) is 20.3 Å². The van der Waals surface area contributed by atoms with Crippen molar-refractivity contribution in [2.45, 2.75) is 13.0 Å². The van der Waals surface area contributed by atoms with Crippen LogP contribution in [0.2, 0.25) is 0 Å². The standard InChI is InChI=1S/C15H18FNO2S/c1-4-17-15(13-8-10(18-2)9-20-13)11-6-5-7-12(19-3)14(11)16/h5-9,15,17H,4H2,1-3H3. The summed E-state index contributed by atoms with van der Waals surface area (Å²) in [6.07, 6.45) is 0. The van der Waals surface area contributed by atoms with Gasteiger partial charge in [-0.25, -0.2) is 4.39 Å². The van der Waals surface area contributed by atoms with Crippen LogP contribution in [0.1, 0.15) is 23.4 Å². The smallest absolute Gasteiger partial charge is 0.170 e. The fourth-order valence-electron chi connectivity index (χ4n) is 2.07. The molecule has 0 amide bonds. The molecular formula is C15H18FNO2S. The van der Waals surface area contributed by atoms with Gasteiger partial charge in [0.1, 0.15) is 5.75 Å². The highest BCUT2D eigenvalue weighted by molar-refractivity contribution is 7.10. The second-order valence-electron chi connectivity index (χ2n) is 4.24. The van der Waals surface area contributed by atoms with Gasteiger partial charge in [-0.2, -0.15) is 0 Å². The Morgan fingerprint density at radius 2 is 2.10 bits per heavy atom. The van der Waals surface area contributed by atoms with Gasteiger partial charge < -0.3 is 14.8 Å². The first-order chi connectivity index (χ1) is 9.71. The summed E-state index contributed by atoms with van der Waals surface area (Å²) in [5.41, 5.74) is 0.579. The van der Waals surface area contributed by atoms with Gasteiger partial charge in [0.25, 0.3) is 0 Å². The lowest BCUT2D eigenvalue weighted by atomic mass is 10.0. The Hall–Kier alpha value is -1.59. The van der Waals surface area contributed by atoms with Crippen molar-refractivity contribution in [1.29, 1.82) is 0 Å². The van der Waals surface area contributed by atoms with Gasteiger partial charge in [0.2, 0.25) is 0 Å². The van der Waals surface area contributed by atoms with E-state index in [0.717, 1.165) is 17.2 Å². The lowest BCUT2D eigenvalue weighted by Crippen LogP contribution is -2.22.